The Labute approximate surface area is 145 Å². The third-order valence-corrected chi connectivity index (χ3v) is 4.74. The number of aryl methyl sites for hydroxylation is 2. The molecule has 0 aliphatic carbocycles. The fourth-order valence-electron chi connectivity index (χ4n) is 2.50. The molecule has 7 heteroatoms. The van der Waals surface area contributed by atoms with E-state index in [4.69, 9.17) is 0 Å². The summed E-state index contributed by atoms with van der Waals surface area (Å²) in [6.07, 6.45) is 2.17. The molecule has 1 N–H and O–H groups in total. The lowest BCUT2D eigenvalue weighted by Gasteiger charge is -2.23. The number of benzene rings is 1. The minimum atomic E-state index is -3.44. The summed E-state index contributed by atoms with van der Waals surface area (Å²) in [7, 11) is 0.527. The monoisotopic (exact) mass is 355 g/mol. The van der Waals surface area contributed by atoms with Crippen LogP contribution in [0.25, 0.3) is 0 Å². The molecule has 0 aromatic heterocycles. The Morgan fingerprint density at radius 3 is 2.17 bits per heavy atom. The molecule has 0 atom stereocenters. The molecule has 0 unspecified atom stereocenters. The van der Waals surface area contributed by atoms with Gasteiger partial charge in [0.1, 0.15) is 0 Å². The van der Waals surface area contributed by atoms with E-state index in [1.165, 1.54) is 10.6 Å². The van der Waals surface area contributed by atoms with Crippen molar-refractivity contribution >= 4 is 21.6 Å². The number of nitrogens with one attached hydrogen (secondary N) is 1. The zero-order valence-corrected chi connectivity index (χ0v) is 16.1. The molecule has 0 saturated carbocycles. The zero-order valence-electron chi connectivity index (χ0n) is 15.3. The number of hydrogen-bond donors (Lipinski definition) is 1. The van der Waals surface area contributed by atoms with Crippen LogP contribution < -0.4 is 9.62 Å². The second kappa shape index (κ2) is 9.03. The Morgan fingerprint density at radius 1 is 1.08 bits per heavy atom. The van der Waals surface area contributed by atoms with Gasteiger partial charge < -0.3 is 10.2 Å². The summed E-state index contributed by atoms with van der Waals surface area (Å²) in [6, 6.07) is 5.63. The zero-order chi connectivity index (χ0) is 18.3. The van der Waals surface area contributed by atoms with Gasteiger partial charge in [-0.05, 0) is 64.2 Å². The first-order valence-corrected chi connectivity index (χ1v) is 9.92. The van der Waals surface area contributed by atoms with Crippen molar-refractivity contribution in [3.8, 4) is 0 Å². The van der Waals surface area contributed by atoms with E-state index in [1.807, 2.05) is 46.1 Å². The Morgan fingerprint density at radius 2 is 1.67 bits per heavy atom. The van der Waals surface area contributed by atoms with E-state index in [0.29, 0.717) is 12.2 Å². The summed E-state index contributed by atoms with van der Waals surface area (Å²) in [6.45, 7) is 5.49. The van der Waals surface area contributed by atoms with Crippen molar-refractivity contribution in [2.45, 2.75) is 26.7 Å². The molecule has 0 spiro atoms. The molecule has 0 fully saturated rings. The van der Waals surface area contributed by atoms with Crippen LogP contribution in [-0.4, -0.2) is 59.2 Å². The molecule has 1 amide bonds. The van der Waals surface area contributed by atoms with Gasteiger partial charge in [0.05, 0.1) is 11.9 Å². The number of nitrogens with zero attached hydrogens (tertiary/aromatic N) is 2. The van der Waals surface area contributed by atoms with E-state index < -0.39 is 10.0 Å². The topological polar surface area (TPSA) is 69.7 Å². The lowest BCUT2D eigenvalue weighted by molar-refractivity contribution is -0.120. The number of sulfonamides is 1. The highest BCUT2D eigenvalue weighted by Gasteiger charge is 2.19. The summed E-state index contributed by atoms with van der Waals surface area (Å²) in [4.78, 5) is 14.0. The van der Waals surface area contributed by atoms with Gasteiger partial charge >= 0.3 is 0 Å². The molecular weight excluding hydrogens is 326 g/mol. The van der Waals surface area contributed by atoms with Crippen LogP contribution in [-0.2, 0) is 14.8 Å². The van der Waals surface area contributed by atoms with Gasteiger partial charge in [-0.25, -0.2) is 8.42 Å². The van der Waals surface area contributed by atoms with Crippen LogP contribution in [0.15, 0.2) is 18.2 Å². The maximum Gasteiger partial charge on any atom is 0.232 e. The fourth-order valence-corrected chi connectivity index (χ4v) is 3.41. The van der Waals surface area contributed by atoms with Gasteiger partial charge in [0.15, 0.2) is 0 Å². The molecule has 0 aliphatic rings. The Balaban J connectivity index is 2.67. The van der Waals surface area contributed by atoms with E-state index in [1.54, 1.807) is 0 Å². The standard InChI is InChI=1S/C17H29N3O3S/c1-14-11-15(2)13-16(12-14)20(24(5,22)23)10-7-17(21)18-8-6-9-19(3)4/h11-13H,6-10H2,1-5H3,(H,18,21). The van der Waals surface area contributed by atoms with Crippen molar-refractivity contribution in [1.29, 1.82) is 0 Å². The van der Waals surface area contributed by atoms with Crippen molar-refractivity contribution < 1.29 is 13.2 Å². The second-order valence-corrected chi connectivity index (χ2v) is 8.34. The molecule has 0 heterocycles. The van der Waals surface area contributed by atoms with Crippen LogP contribution in [0.4, 0.5) is 5.69 Å². The molecule has 136 valence electrons. The Hall–Kier alpha value is -1.60. The molecule has 0 bridgehead atoms. The molecule has 6 nitrogen and oxygen atoms in total. The summed E-state index contributed by atoms with van der Waals surface area (Å²) < 4.78 is 25.5. The fraction of sp³-hybridized carbons (Fsp3) is 0.588. The number of carbonyl (C=O) groups is 1. The van der Waals surface area contributed by atoms with Gasteiger partial charge in [0, 0.05) is 19.5 Å². The third kappa shape index (κ3) is 7.31. The van der Waals surface area contributed by atoms with Gasteiger partial charge in [-0.1, -0.05) is 6.07 Å². The molecule has 1 aromatic rings. The molecule has 0 saturated heterocycles. The molecule has 1 aromatic carbocycles. The summed E-state index contributed by atoms with van der Waals surface area (Å²) in [5.41, 5.74) is 2.59. The van der Waals surface area contributed by atoms with Gasteiger partial charge in [-0.15, -0.1) is 0 Å². The van der Waals surface area contributed by atoms with Gasteiger partial charge in [-0.3, -0.25) is 9.10 Å². The number of carbonyl (C=O) groups excluding carboxylic acids is 1. The van der Waals surface area contributed by atoms with Gasteiger partial charge in [0.25, 0.3) is 0 Å². The minimum Gasteiger partial charge on any atom is -0.356 e. The summed E-state index contributed by atoms with van der Waals surface area (Å²) in [5, 5.41) is 2.83. The van der Waals surface area contributed by atoms with Crippen LogP contribution in [0.3, 0.4) is 0 Å². The smallest absolute Gasteiger partial charge is 0.232 e. The first-order chi connectivity index (χ1) is 11.1. The van der Waals surface area contributed by atoms with Gasteiger partial charge in [-0.2, -0.15) is 0 Å². The molecular formula is C17H29N3O3S. The van der Waals surface area contributed by atoms with Crippen LogP contribution in [0.5, 0.6) is 0 Å². The van der Waals surface area contributed by atoms with Crippen LogP contribution in [0, 0.1) is 13.8 Å². The maximum atomic E-state index is 12.1. The first-order valence-electron chi connectivity index (χ1n) is 8.07. The number of hydrogen-bond acceptors (Lipinski definition) is 4. The van der Waals surface area contributed by atoms with Crippen molar-refractivity contribution in [3.63, 3.8) is 0 Å². The van der Waals surface area contributed by atoms with Crippen LogP contribution >= 0.6 is 0 Å². The van der Waals surface area contributed by atoms with E-state index in [2.05, 4.69) is 10.2 Å². The predicted octanol–water partition coefficient (Wildman–Crippen LogP) is 1.53. The largest absolute Gasteiger partial charge is 0.356 e. The molecule has 24 heavy (non-hydrogen) atoms. The molecule has 1 rings (SSSR count). The molecule has 0 aliphatic heterocycles. The Bertz CT molecular complexity index is 637. The normalized spacial score (nSPS) is 11.6. The highest BCUT2D eigenvalue weighted by molar-refractivity contribution is 7.92. The van der Waals surface area contributed by atoms with Crippen molar-refractivity contribution in [2.75, 3.05) is 44.3 Å². The maximum absolute atomic E-state index is 12.1. The van der Waals surface area contributed by atoms with E-state index in [0.717, 1.165) is 24.1 Å². The highest BCUT2D eigenvalue weighted by atomic mass is 32.2. The van der Waals surface area contributed by atoms with E-state index >= 15 is 0 Å². The summed E-state index contributed by atoms with van der Waals surface area (Å²) >= 11 is 0. The van der Waals surface area contributed by atoms with Crippen LogP contribution in [0.2, 0.25) is 0 Å². The first kappa shape index (κ1) is 20.4. The average molecular weight is 356 g/mol. The number of rotatable bonds is 9. The highest BCUT2D eigenvalue weighted by Crippen LogP contribution is 2.21. The number of anilines is 1. The average Bonchev–Trinajstić information content (AvgIpc) is 2.41. The quantitative estimate of drug-likeness (QED) is 0.682. The van der Waals surface area contributed by atoms with E-state index in [9.17, 15) is 13.2 Å². The number of amides is 1. The van der Waals surface area contributed by atoms with Crippen molar-refractivity contribution in [1.82, 2.24) is 10.2 Å². The SMILES string of the molecule is Cc1cc(C)cc(N(CCC(=O)NCCCN(C)C)S(C)(=O)=O)c1. The van der Waals surface area contributed by atoms with Crippen molar-refractivity contribution in [3.05, 3.63) is 29.3 Å². The minimum absolute atomic E-state index is 0.133. The second-order valence-electron chi connectivity index (χ2n) is 6.44. The lowest BCUT2D eigenvalue weighted by atomic mass is 10.1. The molecule has 0 radical (unpaired) electrons. The van der Waals surface area contributed by atoms with E-state index in [-0.39, 0.29) is 18.9 Å². The van der Waals surface area contributed by atoms with Crippen molar-refractivity contribution in [2.24, 2.45) is 0 Å². The third-order valence-electron chi connectivity index (χ3n) is 3.54. The van der Waals surface area contributed by atoms with Gasteiger partial charge in [0.2, 0.25) is 15.9 Å². The predicted molar refractivity (Wildman–Crippen MR) is 98.9 cm³/mol. The lowest BCUT2D eigenvalue weighted by Crippen LogP contribution is -2.35. The Kier molecular flexibility index (Phi) is 7.69. The summed E-state index contributed by atoms with van der Waals surface area (Å²) in [5.74, 6) is -0.133. The van der Waals surface area contributed by atoms with Crippen LogP contribution in [0.1, 0.15) is 24.0 Å².